The van der Waals surface area contributed by atoms with Crippen molar-refractivity contribution in [1.82, 2.24) is 0 Å². The molecule has 1 atom stereocenters. The molecule has 2 amide bonds. The highest BCUT2D eigenvalue weighted by atomic mass is 32.2. The van der Waals surface area contributed by atoms with Crippen LogP contribution in [0.1, 0.15) is 33.2 Å². The Kier molecular flexibility index (Phi) is 5.24. The van der Waals surface area contributed by atoms with E-state index in [0.717, 1.165) is 5.56 Å². The third-order valence-corrected chi connectivity index (χ3v) is 7.16. The minimum absolute atomic E-state index is 0.232. The van der Waals surface area contributed by atoms with Crippen LogP contribution in [0.25, 0.3) is 0 Å². The molecule has 158 valence electrons. The van der Waals surface area contributed by atoms with Crippen molar-refractivity contribution in [2.75, 3.05) is 9.62 Å². The van der Waals surface area contributed by atoms with Crippen molar-refractivity contribution in [2.45, 2.75) is 24.3 Å². The Hall–Kier alpha value is -3.65. The van der Waals surface area contributed by atoms with Crippen molar-refractivity contribution in [3.63, 3.8) is 0 Å². The van der Waals surface area contributed by atoms with Gasteiger partial charge in [0.1, 0.15) is 0 Å². The molecule has 1 aliphatic heterocycles. The van der Waals surface area contributed by atoms with Crippen LogP contribution >= 0.6 is 0 Å². The van der Waals surface area contributed by atoms with Gasteiger partial charge in [-0.1, -0.05) is 18.2 Å². The number of amides is 2. The molecule has 3 aromatic rings. The number of carbonyl (C=O) groups excluding carboxylic acids is 2. The van der Waals surface area contributed by atoms with Crippen LogP contribution in [-0.4, -0.2) is 26.3 Å². The molecule has 3 aromatic carbocycles. The second kappa shape index (κ2) is 7.88. The molecule has 0 unspecified atom stereocenters. The lowest BCUT2D eigenvalue weighted by Gasteiger charge is -2.24. The van der Waals surface area contributed by atoms with Gasteiger partial charge >= 0.3 is 0 Å². The van der Waals surface area contributed by atoms with Crippen LogP contribution in [0.2, 0.25) is 0 Å². The average molecular weight is 436 g/mol. The molecule has 0 aromatic heterocycles. The first-order valence-corrected chi connectivity index (χ1v) is 11.1. The summed E-state index contributed by atoms with van der Waals surface area (Å²) in [6.07, 6.45) is 0.510. The predicted molar refractivity (Wildman–Crippen MR) is 119 cm³/mol. The number of rotatable bonds is 5. The SMILES string of the molecule is C[C@H]1Cc2cc(C(=O)Nc3ccc(C(N)=O)cc3)ccc2N1S(=O)(=O)c1ccccc1. The van der Waals surface area contributed by atoms with Crippen LogP contribution in [0.3, 0.4) is 0 Å². The Balaban J connectivity index is 1.59. The van der Waals surface area contributed by atoms with E-state index in [1.54, 1.807) is 60.7 Å². The molecule has 0 spiro atoms. The highest BCUT2D eigenvalue weighted by molar-refractivity contribution is 7.92. The minimum Gasteiger partial charge on any atom is -0.366 e. The summed E-state index contributed by atoms with van der Waals surface area (Å²) in [6.45, 7) is 1.85. The smallest absolute Gasteiger partial charge is 0.264 e. The quantitative estimate of drug-likeness (QED) is 0.641. The van der Waals surface area contributed by atoms with Crippen LogP contribution in [0.4, 0.5) is 11.4 Å². The Morgan fingerprint density at radius 1 is 0.968 bits per heavy atom. The molecule has 0 bridgehead atoms. The van der Waals surface area contributed by atoms with Crippen molar-refractivity contribution < 1.29 is 18.0 Å². The Morgan fingerprint density at radius 3 is 2.26 bits per heavy atom. The monoisotopic (exact) mass is 435 g/mol. The molecular weight excluding hydrogens is 414 g/mol. The van der Waals surface area contributed by atoms with Crippen LogP contribution in [0.15, 0.2) is 77.7 Å². The molecule has 7 nitrogen and oxygen atoms in total. The summed E-state index contributed by atoms with van der Waals surface area (Å²) < 4.78 is 27.7. The van der Waals surface area contributed by atoms with Crippen molar-refractivity contribution >= 4 is 33.2 Å². The number of nitrogens with two attached hydrogens (primary N) is 1. The summed E-state index contributed by atoms with van der Waals surface area (Å²) in [4.78, 5) is 24.1. The predicted octanol–water partition coefficient (Wildman–Crippen LogP) is 3.18. The number of carbonyl (C=O) groups is 2. The molecule has 31 heavy (non-hydrogen) atoms. The van der Waals surface area contributed by atoms with E-state index in [4.69, 9.17) is 5.73 Å². The van der Waals surface area contributed by atoms with E-state index in [-0.39, 0.29) is 16.8 Å². The van der Waals surface area contributed by atoms with Gasteiger partial charge in [0.05, 0.1) is 10.6 Å². The van der Waals surface area contributed by atoms with E-state index in [1.807, 2.05) is 6.92 Å². The fourth-order valence-electron chi connectivity index (χ4n) is 3.74. The summed E-state index contributed by atoms with van der Waals surface area (Å²) in [7, 11) is -3.70. The molecule has 0 saturated carbocycles. The zero-order valence-corrected chi connectivity index (χ0v) is 17.6. The molecule has 3 N–H and O–H groups in total. The van der Waals surface area contributed by atoms with E-state index in [2.05, 4.69) is 5.32 Å². The third-order valence-electron chi connectivity index (χ3n) is 5.22. The molecule has 8 heteroatoms. The van der Waals surface area contributed by atoms with Crippen molar-refractivity contribution in [2.24, 2.45) is 5.73 Å². The van der Waals surface area contributed by atoms with E-state index >= 15 is 0 Å². The van der Waals surface area contributed by atoms with Crippen LogP contribution in [0, 0.1) is 0 Å². The molecule has 0 fully saturated rings. The summed E-state index contributed by atoms with van der Waals surface area (Å²) in [6, 6.07) is 19.3. The summed E-state index contributed by atoms with van der Waals surface area (Å²) >= 11 is 0. The summed E-state index contributed by atoms with van der Waals surface area (Å²) in [5.74, 6) is -0.868. The lowest BCUT2D eigenvalue weighted by atomic mass is 10.1. The molecule has 4 rings (SSSR count). The van der Waals surface area contributed by atoms with Crippen LogP contribution in [-0.2, 0) is 16.4 Å². The van der Waals surface area contributed by atoms with E-state index in [9.17, 15) is 18.0 Å². The number of fused-ring (bicyclic) bond motifs is 1. The first-order valence-electron chi connectivity index (χ1n) is 9.71. The van der Waals surface area contributed by atoms with E-state index in [1.165, 1.54) is 16.4 Å². The average Bonchev–Trinajstić information content (AvgIpc) is 3.10. The minimum atomic E-state index is -3.70. The van der Waals surface area contributed by atoms with Gasteiger partial charge < -0.3 is 11.1 Å². The first-order chi connectivity index (χ1) is 14.8. The van der Waals surface area contributed by atoms with Gasteiger partial charge in [0.25, 0.3) is 15.9 Å². The molecule has 0 aliphatic carbocycles. The van der Waals surface area contributed by atoms with Gasteiger partial charge in [-0.05, 0) is 73.5 Å². The van der Waals surface area contributed by atoms with Gasteiger partial charge in [-0.3, -0.25) is 13.9 Å². The number of anilines is 2. The fourth-order valence-corrected chi connectivity index (χ4v) is 5.45. The van der Waals surface area contributed by atoms with Gasteiger partial charge in [-0.2, -0.15) is 0 Å². The first kappa shape index (κ1) is 20.6. The zero-order chi connectivity index (χ0) is 22.2. The maximum Gasteiger partial charge on any atom is 0.264 e. The molecule has 0 radical (unpaired) electrons. The van der Waals surface area contributed by atoms with Gasteiger partial charge in [-0.25, -0.2) is 8.42 Å². The van der Waals surface area contributed by atoms with Gasteiger partial charge in [0, 0.05) is 22.9 Å². The number of primary amides is 1. The third kappa shape index (κ3) is 3.89. The van der Waals surface area contributed by atoms with Crippen molar-refractivity contribution in [3.05, 3.63) is 89.5 Å². The van der Waals surface area contributed by atoms with Crippen molar-refractivity contribution in [3.8, 4) is 0 Å². The van der Waals surface area contributed by atoms with E-state index < -0.39 is 15.9 Å². The Morgan fingerprint density at radius 2 is 1.61 bits per heavy atom. The zero-order valence-electron chi connectivity index (χ0n) is 16.8. The lowest BCUT2D eigenvalue weighted by Crippen LogP contribution is -2.35. The van der Waals surface area contributed by atoms with Crippen LogP contribution in [0.5, 0.6) is 0 Å². The summed E-state index contributed by atoms with van der Waals surface area (Å²) in [5, 5.41) is 2.77. The van der Waals surface area contributed by atoms with Gasteiger partial charge in [0.15, 0.2) is 0 Å². The lowest BCUT2D eigenvalue weighted by molar-refractivity contribution is 0.0998. The second-order valence-corrected chi connectivity index (χ2v) is 9.22. The second-order valence-electron chi connectivity index (χ2n) is 7.41. The van der Waals surface area contributed by atoms with E-state index in [0.29, 0.717) is 28.9 Å². The molecular formula is C23H21N3O4S. The number of hydrogen-bond donors (Lipinski definition) is 2. The normalized spacial score (nSPS) is 15.4. The molecule has 1 aliphatic rings. The number of nitrogens with one attached hydrogen (secondary N) is 1. The highest BCUT2D eigenvalue weighted by Gasteiger charge is 2.36. The maximum absolute atomic E-state index is 13.2. The number of hydrogen-bond acceptors (Lipinski definition) is 4. The Bertz CT molecular complexity index is 1260. The van der Waals surface area contributed by atoms with Crippen LogP contribution < -0.4 is 15.4 Å². The van der Waals surface area contributed by atoms with Gasteiger partial charge in [0.2, 0.25) is 5.91 Å². The molecule has 0 saturated heterocycles. The largest absolute Gasteiger partial charge is 0.366 e. The standard InChI is InChI=1S/C23H21N3O4S/c1-15-13-18-14-17(23(28)25-19-10-7-16(8-11-19)22(24)27)9-12-21(18)26(15)31(29,30)20-5-3-2-4-6-20/h2-12,14-15H,13H2,1H3,(H2,24,27)(H,25,28)/t15-/m0/s1. The number of sulfonamides is 1. The number of benzene rings is 3. The highest BCUT2D eigenvalue weighted by Crippen LogP contribution is 2.37. The Labute approximate surface area is 180 Å². The number of nitrogens with zero attached hydrogens (tertiary/aromatic N) is 1. The fraction of sp³-hybridized carbons (Fsp3) is 0.130. The van der Waals surface area contributed by atoms with Gasteiger partial charge in [-0.15, -0.1) is 0 Å². The maximum atomic E-state index is 13.2. The topological polar surface area (TPSA) is 110 Å². The van der Waals surface area contributed by atoms with Crippen molar-refractivity contribution in [1.29, 1.82) is 0 Å². The summed E-state index contributed by atoms with van der Waals surface area (Å²) in [5.41, 5.74) is 7.90. The molecule has 1 heterocycles.